The van der Waals surface area contributed by atoms with E-state index in [1.807, 2.05) is 0 Å². The molecule has 0 amide bonds. The Morgan fingerprint density at radius 2 is 2.00 bits per heavy atom. The van der Waals surface area contributed by atoms with Gasteiger partial charge in [-0.1, -0.05) is 13.8 Å². The highest BCUT2D eigenvalue weighted by molar-refractivity contribution is 7.83. The van der Waals surface area contributed by atoms with Crippen molar-refractivity contribution in [1.82, 2.24) is 0 Å². The molecule has 0 aromatic carbocycles. The molecule has 78 valence electrons. The maximum Gasteiger partial charge on any atom is 0.330 e. The molecule has 2 aliphatic carbocycles. The van der Waals surface area contributed by atoms with Crippen LogP contribution in [0.25, 0.3) is 0 Å². The maximum atomic E-state index is 8.97. The number of hydrogen-bond donors (Lipinski definition) is 2. The van der Waals surface area contributed by atoms with Crippen molar-refractivity contribution in [2.45, 2.75) is 33.1 Å². The van der Waals surface area contributed by atoms with Crippen LogP contribution in [0.3, 0.4) is 0 Å². The molecular weight excluding hydrogens is 190 g/mol. The topological polar surface area (TPSA) is 80.4 Å². The molecule has 3 unspecified atom stereocenters. The largest absolute Gasteiger partial charge is 0.330 e. The minimum absolute atomic E-state index is 0.819. The van der Waals surface area contributed by atoms with E-state index in [1.165, 1.54) is 19.3 Å². The van der Waals surface area contributed by atoms with Crippen LogP contribution in [0, 0.1) is 17.3 Å². The summed E-state index contributed by atoms with van der Waals surface area (Å²) in [6.07, 6.45) is 4.57. The highest BCUT2D eigenvalue weighted by Crippen LogP contribution is 2.63. The maximum absolute atomic E-state index is 8.97. The summed E-state index contributed by atoms with van der Waals surface area (Å²) in [5.74, 6) is 2.18. The Kier molecular flexibility index (Phi) is 2.71. The highest BCUT2D eigenvalue weighted by atomic mass is 32.2. The van der Waals surface area contributed by atoms with E-state index in [0.717, 1.165) is 17.3 Å². The first kappa shape index (κ1) is 10.9. The lowest BCUT2D eigenvalue weighted by molar-refractivity contribution is -0.117. The average Bonchev–Trinajstić information content (AvgIpc) is 1.94. The molecule has 5 heteroatoms. The molecular formula is C8H17NO3S. The zero-order valence-corrected chi connectivity index (χ0v) is 8.84. The van der Waals surface area contributed by atoms with Crippen LogP contribution in [0.4, 0.5) is 0 Å². The first-order valence-electron chi connectivity index (χ1n) is 4.48. The average molecular weight is 207 g/mol. The van der Waals surface area contributed by atoms with E-state index < -0.39 is 10.3 Å². The quantitative estimate of drug-likeness (QED) is 0.585. The van der Waals surface area contributed by atoms with E-state index in [1.54, 1.807) is 0 Å². The van der Waals surface area contributed by atoms with Crippen LogP contribution >= 0.6 is 0 Å². The third kappa shape index (κ3) is 2.42. The van der Waals surface area contributed by atoms with E-state index in [-0.39, 0.29) is 0 Å². The van der Waals surface area contributed by atoms with Gasteiger partial charge in [-0.2, -0.15) is 8.42 Å². The molecule has 3 N–H and O–H groups in total. The van der Waals surface area contributed by atoms with Gasteiger partial charge < -0.3 is 0 Å². The van der Waals surface area contributed by atoms with Crippen LogP contribution < -0.4 is 5.14 Å². The van der Waals surface area contributed by atoms with E-state index >= 15 is 0 Å². The molecule has 0 saturated heterocycles. The van der Waals surface area contributed by atoms with E-state index in [9.17, 15) is 0 Å². The van der Waals surface area contributed by atoms with Gasteiger partial charge in [0.15, 0.2) is 0 Å². The van der Waals surface area contributed by atoms with Crippen LogP contribution in [0.1, 0.15) is 33.1 Å². The molecule has 2 aliphatic rings. The Morgan fingerprint density at radius 1 is 1.54 bits per heavy atom. The van der Waals surface area contributed by atoms with Gasteiger partial charge in [-0.25, -0.2) is 5.14 Å². The number of hydrogen-bond acceptors (Lipinski definition) is 2. The van der Waals surface area contributed by atoms with Crippen LogP contribution in [-0.4, -0.2) is 13.0 Å². The second kappa shape index (κ2) is 3.22. The van der Waals surface area contributed by atoms with Crippen molar-refractivity contribution in [2.75, 3.05) is 0 Å². The van der Waals surface area contributed by atoms with Gasteiger partial charge in [-0.15, -0.1) is 0 Å². The molecule has 0 spiro atoms. The van der Waals surface area contributed by atoms with Crippen molar-refractivity contribution in [3.63, 3.8) is 0 Å². The molecule has 0 aromatic heterocycles. The summed E-state index contributed by atoms with van der Waals surface area (Å²) < 4.78 is 25.2. The first-order chi connectivity index (χ1) is 5.73. The van der Waals surface area contributed by atoms with Gasteiger partial charge in [0.1, 0.15) is 0 Å². The molecule has 0 aliphatic heterocycles. The minimum Gasteiger partial charge on any atom is -0.274 e. The van der Waals surface area contributed by atoms with Crippen molar-refractivity contribution >= 4 is 10.3 Å². The molecule has 0 radical (unpaired) electrons. The summed E-state index contributed by atoms with van der Waals surface area (Å²) in [5.41, 5.74) is 0.819. The van der Waals surface area contributed by atoms with Gasteiger partial charge in [0.25, 0.3) is 0 Å². The fraction of sp³-hybridized carbons (Fsp3) is 1.00. The summed E-state index contributed by atoms with van der Waals surface area (Å²) in [6.45, 7) is 4.85. The third-order valence-corrected chi connectivity index (χ3v) is 3.73. The van der Waals surface area contributed by atoms with Gasteiger partial charge >= 0.3 is 10.3 Å². The molecule has 0 bridgehead atoms. The summed E-state index contributed by atoms with van der Waals surface area (Å²) in [4.78, 5) is 0. The van der Waals surface area contributed by atoms with Crippen LogP contribution in [0.5, 0.6) is 0 Å². The van der Waals surface area contributed by atoms with Crippen molar-refractivity contribution in [3.05, 3.63) is 0 Å². The summed E-state index contributed by atoms with van der Waals surface area (Å²) >= 11 is 0. The standard InChI is InChI=1S/C8H14.H3NO3S/c1-6-5-7-3-4-8(6,7)2;1-5(2,3)4/h6-7H,3-5H2,1-2H3;(H3,1,2,3,4). The normalized spacial score (nSPS) is 41.8. The van der Waals surface area contributed by atoms with Crippen molar-refractivity contribution in [1.29, 1.82) is 0 Å². The number of rotatable bonds is 0. The number of fused-ring (bicyclic) bond motifs is 1. The van der Waals surface area contributed by atoms with Gasteiger partial charge in [0.05, 0.1) is 0 Å². The molecule has 13 heavy (non-hydrogen) atoms. The van der Waals surface area contributed by atoms with Crippen molar-refractivity contribution in [2.24, 2.45) is 22.4 Å². The predicted molar refractivity (Wildman–Crippen MR) is 50.3 cm³/mol. The van der Waals surface area contributed by atoms with Gasteiger partial charge in [-0.05, 0) is 36.5 Å². The Bertz CT molecular complexity index is 274. The lowest BCUT2D eigenvalue weighted by Crippen LogP contribution is -2.52. The Morgan fingerprint density at radius 3 is 2.00 bits per heavy atom. The molecule has 0 heterocycles. The molecule has 4 nitrogen and oxygen atoms in total. The van der Waals surface area contributed by atoms with Crippen molar-refractivity contribution < 1.29 is 13.0 Å². The molecule has 3 atom stereocenters. The first-order valence-corrected chi connectivity index (χ1v) is 5.99. The Hall–Kier alpha value is -0.130. The number of nitrogens with two attached hydrogens (primary N) is 1. The summed E-state index contributed by atoms with van der Waals surface area (Å²) in [6, 6.07) is 0. The van der Waals surface area contributed by atoms with E-state index in [0.29, 0.717) is 0 Å². The molecule has 2 saturated carbocycles. The van der Waals surface area contributed by atoms with Crippen LogP contribution in [0.15, 0.2) is 0 Å². The summed E-state index contributed by atoms with van der Waals surface area (Å²) in [5, 5.41) is 3.88. The summed E-state index contributed by atoms with van der Waals surface area (Å²) in [7, 11) is -4.17. The smallest absolute Gasteiger partial charge is 0.274 e. The molecule has 0 aromatic rings. The highest BCUT2D eigenvalue weighted by Gasteiger charge is 2.54. The third-order valence-electron chi connectivity index (χ3n) is 3.73. The Labute approximate surface area is 79.4 Å². The fourth-order valence-corrected chi connectivity index (χ4v) is 2.38. The zero-order valence-electron chi connectivity index (χ0n) is 8.03. The van der Waals surface area contributed by atoms with E-state index in [4.69, 9.17) is 13.0 Å². The molecule has 2 rings (SSSR count). The fourth-order valence-electron chi connectivity index (χ4n) is 2.38. The van der Waals surface area contributed by atoms with Crippen LogP contribution in [0.2, 0.25) is 0 Å². The predicted octanol–water partition coefficient (Wildman–Crippen LogP) is 1.19. The molecule has 2 fully saturated rings. The van der Waals surface area contributed by atoms with Gasteiger partial charge in [0, 0.05) is 0 Å². The SMILES string of the molecule is CC1CC2CCC12C.NS(=O)(=O)O. The minimum atomic E-state index is -4.17. The van der Waals surface area contributed by atoms with Crippen molar-refractivity contribution in [3.8, 4) is 0 Å². The van der Waals surface area contributed by atoms with Gasteiger partial charge in [-0.3, -0.25) is 4.55 Å². The lowest BCUT2D eigenvalue weighted by Gasteiger charge is -2.61. The van der Waals surface area contributed by atoms with E-state index in [2.05, 4.69) is 19.0 Å². The lowest BCUT2D eigenvalue weighted by atomic mass is 9.44. The Balaban J connectivity index is 0.000000149. The monoisotopic (exact) mass is 207 g/mol. The second-order valence-corrected chi connectivity index (χ2v) is 5.42. The zero-order chi connectivity index (χ0) is 10.3. The second-order valence-electron chi connectivity index (χ2n) is 4.39. The van der Waals surface area contributed by atoms with Crippen LogP contribution in [-0.2, 0) is 10.3 Å². The van der Waals surface area contributed by atoms with Gasteiger partial charge in [0.2, 0.25) is 0 Å².